The highest BCUT2D eigenvalue weighted by molar-refractivity contribution is 6.70. The summed E-state index contributed by atoms with van der Waals surface area (Å²) in [4.78, 5) is 25.4. The molecule has 0 fully saturated rings. The van der Waals surface area contributed by atoms with Gasteiger partial charge in [0.2, 0.25) is 0 Å². The summed E-state index contributed by atoms with van der Waals surface area (Å²) < 4.78 is 99.8. The predicted molar refractivity (Wildman–Crippen MR) is 80.5 cm³/mol. The van der Waals surface area contributed by atoms with E-state index in [-0.39, 0.29) is 0 Å². The predicted octanol–water partition coefficient (Wildman–Crippen LogP) is 2.59. The van der Waals surface area contributed by atoms with E-state index in [9.17, 15) is 40.3 Å². The molecule has 0 aliphatic carbocycles. The van der Waals surface area contributed by atoms with Crippen LogP contribution in [0, 0.1) is 0 Å². The van der Waals surface area contributed by atoms with Crippen LogP contribution in [0.25, 0.3) is 0 Å². The van der Waals surface area contributed by atoms with Gasteiger partial charge in [0.1, 0.15) is 0 Å². The van der Waals surface area contributed by atoms with Crippen LogP contribution in [0.4, 0.5) is 30.7 Å². The van der Waals surface area contributed by atoms with Crippen LogP contribution in [0.5, 0.6) is 0 Å². The van der Waals surface area contributed by atoms with Crippen molar-refractivity contribution >= 4 is 20.1 Å². The number of rotatable bonds is 6. The Labute approximate surface area is 147 Å². The first kappa shape index (κ1) is 24.6. The standard InChI is InChI=1S/C13H21F7N2O3Si/c1-21(2)8(23)10(9(24)22(3)4,25-26(5,6)7)11(14,15)12(16,17)13(18,19)20/h1-7H3. The summed E-state index contributed by atoms with van der Waals surface area (Å²) in [6.45, 7) is 3.49. The van der Waals surface area contributed by atoms with Crippen LogP contribution in [-0.4, -0.2) is 81.7 Å². The molecule has 13 heteroatoms. The van der Waals surface area contributed by atoms with Gasteiger partial charge < -0.3 is 14.2 Å². The fourth-order valence-corrected chi connectivity index (χ4v) is 3.22. The number of carbonyl (C=O) groups excluding carboxylic acids is 2. The van der Waals surface area contributed by atoms with E-state index < -0.39 is 43.8 Å². The van der Waals surface area contributed by atoms with E-state index in [1.165, 1.54) is 0 Å². The molecular formula is C13H21F7N2O3Si. The third kappa shape index (κ3) is 3.97. The highest BCUT2D eigenvalue weighted by atomic mass is 28.4. The van der Waals surface area contributed by atoms with E-state index in [0.717, 1.165) is 47.8 Å². The van der Waals surface area contributed by atoms with Crippen molar-refractivity contribution in [1.82, 2.24) is 9.80 Å². The summed E-state index contributed by atoms with van der Waals surface area (Å²) in [6.07, 6.45) is -6.73. The van der Waals surface area contributed by atoms with Gasteiger partial charge in [0, 0.05) is 28.2 Å². The minimum absolute atomic E-state index is 0.307. The average Bonchev–Trinajstić information content (AvgIpc) is 2.40. The Morgan fingerprint density at radius 1 is 0.731 bits per heavy atom. The van der Waals surface area contributed by atoms with Crippen molar-refractivity contribution in [2.75, 3.05) is 28.2 Å². The largest absolute Gasteiger partial charge is 0.460 e. The molecule has 0 saturated carbocycles. The molecule has 26 heavy (non-hydrogen) atoms. The molecule has 0 saturated heterocycles. The number of carbonyl (C=O) groups is 2. The van der Waals surface area contributed by atoms with E-state index in [4.69, 9.17) is 4.43 Å². The van der Waals surface area contributed by atoms with Crippen LogP contribution >= 0.6 is 0 Å². The molecule has 0 aromatic carbocycles. The molecule has 0 rings (SSSR count). The van der Waals surface area contributed by atoms with E-state index in [2.05, 4.69) is 0 Å². The summed E-state index contributed by atoms with van der Waals surface area (Å²) in [5.74, 6) is -17.0. The van der Waals surface area contributed by atoms with Crippen LogP contribution in [0.3, 0.4) is 0 Å². The van der Waals surface area contributed by atoms with Crippen LogP contribution < -0.4 is 0 Å². The molecule has 0 atom stereocenters. The maximum atomic E-state index is 14.7. The molecule has 0 aromatic heterocycles. The number of nitrogens with zero attached hydrogens (tertiary/aromatic N) is 2. The quantitative estimate of drug-likeness (QED) is 0.381. The second-order valence-corrected chi connectivity index (χ2v) is 11.4. The van der Waals surface area contributed by atoms with Gasteiger partial charge in [0.25, 0.3) is 17.4 Å². The van der Waals surface area contributed by atoms with E-state index in [0.29, 0.717) is 9.80 Å². The fraction of sp³-hybridized carbons (Fsp3) is 0.846. The Balaban J connectivity index is 7.10. The summed E-state index contributed by atoms with van der Waals surface area (Å²) in [5.41, 5.74) is -4.39. The van der Waals surface area contributed by atoms with E-state index >= 15 is 0 Å². The summed E-state index contributed by atoms with van der Waals surface area (Å²) in [5, 5.41) is 0. The first-order chi connectivity index (χ1) is 11.2. The minimum atomic E-state index is -6.73. The lowest BCUT2D eigenvalue weighted by atomic mass is 9.87. The molecule has 0 aromatic rings. The van der Waals surface area contributed by atoms with Gasteiger partial charge in [-0.05, 0) is 19.6 Å². The van der Waals surface area contributed by atoms with Crippen LogP contribution in [0.1, 0.15) is 0 Å². The van der Waals surface area contributed by atoms with Gasteiger partial charge in [-0.15, -0.1) is 0 Å². The topological polar surface area (TPSA) is 49.9 Å². The molecule has 0 aliphatic heterocycles. The third-order valence-corrected chi connectivity index (χ3v) is 3.99. The van der Waals surface area contributed by atoms with Crippen molar-refractivity contribution < 1.29 is 44.7 Å². The van der Waals surface area contributed by atoms with Gasteiger partial charge in [-0.1, -0.05) is 0 Å². The van der Waals surface area contributed by atoms with Gasteiger partial charge in [-0.3, -0.25) is 9.59 Å². The van der Waals surface area contributed by atoms with Crippen LogP contribution in [0.15, 0.2) is 0 Å². The van der Waals surface area contributed by atoms with Gasteiger partial charge in [-0.25, -0.2) is 0 Å². The van der Waals surface area contributed by atoms with Gasteiger partial charge in [-0.2, -0.15) is 30.7 Å². The van der Waals surface area contributed by atoms with Crippen LogP contribution in [-0.2, 0) is 14.0 Å². The second-order valence-electron chi connectivity index (χ2n) is 6.94. The van der Waals surface area contributed by atoms with Crippen molar-refractivity contribution in [2.24, 2.45) is 0 Å². The van der Waals surface area contributed by atoms with Crippen molar-refractivity contribution in [3.8, 4) is 0 Å². The van der Waals surface area contributed by atoms with Crippen molar-refractivity contribution in [2.45, 2.75) is 43.3 Å². The lowest BCUT2D eigenvalue weighted by Gasteiger charge is -2.45. The number of halogens is 7. The van der Waals surface area contributed by atoms with Gasteiger partial charge >= 0.3 is 18.0 Å². The van der Waals surface area contributed by atoms with Gasteiger partial charge in [0.05, 0.1) is 0 Å². The Hall–Kier alpha value is -1.37. The van der Waals surface area contributed by atoms with E-state index in [1.54, 1.807) is 0 Å². The number of hydrogen-bond acceptors (Lipinski definition) is 3. The van der Waals surface area contributed by atoms with E-state index in [1.807, 2.05) is 0 Å². The Morgan fingerprint density at radius 3 is 1.23 bits per heavy atom. The average molecular weight is 414 g/mol. The number of amides is 2. The smallest absolute Gasteiger partial charge is 0.392 e. The summed E-state index contributed by atoms with van der Waals surface area (Å²) in [6, 6.07) is 0. The number of hydrogen-bond donors (Lipinski definition) is 0. The third-order valence-electron chi connectivity index (χ3n) is 3.07. The lowest BCUT2D eigenvalue weighted by molar-refractivity contribution is -0.376. The summed E-state index contributed by atoms with van der Waals surface area (Å²) in [7, 11) is -0.118. The Bertz CT molecular complexity index is 537. The highest BCUT2D eigenvalue weighted by Crippen LogP contribution is 2.53. The molecule has 0 spiro atoms. The molecular weight excluding hydrogens is 393 g/mol. The summed E-state index contributed by atoms with van der Waals surface area (Å²) >= 11 is 0. The lowest BCUT2D eigenvalue weighted by Crippen LogP contribution is -2.76. The monoisotopic (exact) mass is 414 g/mol. The molecule has 0 N–H and O–H groups in total. The first-order valence-electron chi connectivity index (χ1n) is 7.13. The number of alkyl halides is 7. The molecule has 0 bridgehead atoms. The highest BCUT2D eigenvalue weighted by Gasteiger charge is 2.85. The van der Waals surface area contributed by atoms with Crippen LogP contribution in [0.2, 0.25) is 19.6 Å². The molecule has 0 aliphatic rings. The number of likely N-dealkylation sites (N-methyl/N-ethyl adjacent to an activating group) is 2. The van der Waals surface area contributed by atoms with Crippen molar-refractivity contribution in [1.29, 1.82) is 0 Å². The molecule has 154 valence electrons. The molecule has 0 heterocycles. The maximum absolute atomic E-state index is 14.7. The zero-order chi connectivity index (χ0) is 21.5. The molecule has 2 amide bonds. The second kappa shape index (κ2) is 6.98. The Morgan fingerprint density at radius 2 is 1.04 bits per heavy atom. The molecule has 0 unspecified atom stereocenters. The molecule has 0 radical (unpaired) electrons. The zero-order valence-electron chi connectivity index (χ0n) is 15.3. The Kier molecular flexibility index (Phi) is 6.61. The minimum Gasteiger partial charge on any atom is -0.392 e. The van der Waals surface area contributed by atoms with Crippen molar-refractivity contribution in [3.63, 3.8) is 0 Å². The maximum Gasteiger partial charge on any atom is 0.460 e. The normalized spacial score (nSPS) is 14.2. The SMILES string of the molecule is CN(C)C(=O)C(O[Si](C)(C)C)(C(=O)N(C)C)C(F)(F)C(F)(F)C(F)(F)F. The molecule has 5 nitrogen and oxygen atoms in total. The van der Waals surface area contributed by atoms with Gasteiger partial charge in [0.15, 0.2) is 8.32 Å². The fourth-order valence-electron chi connectivity index (χ4n) is 2.00. The van der Waals surface area contributed by atoms with Crippen molar-refractivity contribution in [3.05, 3.63) is 0 Å². The first-order valence-corrected chi connectivity index (χ1v) is 10.5. The zero-order valence-corrected chi connectivity index (χ0v) is 16.3.